The van der Waals surface area contributed by atoms with Gasteiger partial charge in [-0.05, 0) is 27.7 Å². The van der Waals surface area contributed by atoms with Gasteiger partial charge in [-0.25, -0.2) is 28.8 Å². The molecule has 0 rings (SSSR count). The van der Waals surface area contributed by atoms with Crippen LogP contribution >= 0.6 is 0 Å². The predicted octanol–water partition coefficient (Wildman–Crippen LogP) is 0.326. The number of carboxylic acid groups (broad SMARTS) is 6. The van der Waals surface area contributed by atoms with Gasteiger partial charge in [0.05, 0.1) is 0 Å². The van der Waals surface area contributed by atoms with E-state index in [0.29, 0.717) is 36.5 Å². The third-order valence-corrected chi connectivity index (χ3v) is 1.11. The lowest BCUT2D eigenvalue weighted by Gasteiger charge is -1.74. The molecule has 0 aromatic rings. The smallest absolute Gasteiger partial charge is 0.328 e. The maximum absolute atomic E-state index is 9.55. The van der Waals surface area contributed by atoms with Crippen LogP contribution in [0.25, 0.3) is 0 Å². The fourth-order valence-corrected chi connectivity index (χ4v) is 0.428. The predicted molar refractivity (Wildman–Crippen MR) is 106 cm³/mol. The molecule has 0 radical (unpaired) electrons. The summed E-state index contributed by atoms with van der Waals surface area (Å²) in [4.78, 5) is 76.2. The SMILES string of the molecule is CC(C)=O.CC(C)=O.O=C(O)/C=C/C(=O)O.O=C(O)/C=C/C(=O)O.O=C(O)/C=C/C(=O)O. The van der Waals surface area contributed by atoms with E-state index in [4.69, 9.17) is 30.6 Å². The summed E-state index contributed by atoms with van der Waals surface area (Å²) in [7, 11) is 0. The van der Waals surface area contributed by atoms with Crippen molar-refractivity contribution in [1.82, 2.24) is 0 Å². The van der Waals surface area contributed by atoms with Crippen LogP contribution in [-0.2, 0) is 38.4 Å². The van der Waals surface area contributed by atoms with Crippen LogP contribution in [0.15, 0.2) is 36.5 Å². The number of ketones is 2. The molecule has 0 fully saturated rings. The summed E-state index contributed by atoms with van der Waals surface area (Å²) in [6, 6.07) is 0. The van der Waals surface area contributed by atoms with Crippen molar-refractivity contribution >= 4 is 47.4 Å². The highest BCUT2D eigenvalue weighted by molar-refractivity contribution is 5.90. The van der Waals surface area contributed by atoms with Gasteiger partial charge in [0, 0.05) is 36.5 Å². The normalized spacial score (nSPS) is 8.75. The largest absolute Gasteiger partial charge is 0.478 e. The highest BCUT2D eigenvalue weighted by Gasteiger charge is 1.89. The zero-order chi connectivity index (χ0) is 26.9. The van der Waals surface area contributed by atoms with Gasteiger partial charge < -0.3 is 40.2 Å². The fourth-order valence-electron chi connectivity index (χ4n) is 0.428. The summed E-state index contributed by atoms with van der Waals surface area (Å²) in [5.41, 5.74) is 0. The molecule has 0 saturated carbocycles. The third-order valence-electron chi connectivity index (χ3n) is 1.11. The van der Waals surface area contributed by atoms with E-state index in [1.807, 2.05) is 0 Å². The number of Topliss-reactive ketones (excluding diaryl/α,β-unsaturated/α-hetero) is 2. The maximum atomic E-state index is 9.55. The van der Waals surface area contributed by atoms with Crippen LogP contribution in [-0.4, -0.2) is 78.0 Å². The molecule has 0 saturated heterocycles. The van der Waals surface area contributed by atoms with E-state index in [2.05, 4.69) is 0 Å². The Balaban J connectivity index is -0.0000000980. The topological polar surface area (TPSA) is 258 Å². The van der Waals surface area contributed by atoms with Crippen LogP contribution in [0.5, 0.6) is 0 Å². The summed E-state index contributed by atoms with van der Waals surface area (Å²) >= 11 is 0. The Morgan fingerprint density at radius 3 is 0.438 bits per heavy atom. The van der Waals surface area contributed by atoms with E-state index in [-0.39, 0.29) is 11.6 Å². The molecule has 6 N–H and O–H groups in total. The molecular weight excluding hydrogens is 440 g/mol. The average molecular weight is 464 g/mol. The van der Waals surface area contributed by atoms with Gasteiger partial charge in [-0.15, -0.1) is 0 Å². The minimum atomic E-state index is -1.26. The molecule has 32 heavy (non-hydrogen) atoms. The van der Waals surface area contributed by atoms with Crippen molar-refractivity contribution in [2.24, 2.45) is 0 Å². The molecule has 0 aliphatic rings. The number of rotatable bonds is 6. The van der Waals surface area contributed by atoms with E-state index in [9.17, 15) is 38.4 Å². The Hall–Kier alpha value is -4.62. The molecule has 0 atom stereocenters. The van der Waals surface area contributed by atoms with Crippen LogP contribution in [0.1, 0.15) is 27.7 Å². The Morgan fingerprint density at radius 2 is 0.406 bits per heavy atom. The number of hydrogen-bond donors (Lipinski definition) is 6. The Bertz CT molecular complexity index is 592. The Kier molecular flexibility index (Phi) is 31.4. The summed E-state index contributed by atoms with van der Waals surface area (Å²) in [5, 5.41) is 46.9. The Labute approximate surface area is 181 Å². The number of carboxylic acids is 6. The molecule has 0 heterocycles. The van der Waals surface area contributed by atoms with Crippen LogP contribution in [0.3, 0.4) is 0 Å². The quantitative estimate of drug-likeness (QED) is 0.289. The minimum absolute atomic E-state index is 0.167. The molecular formula is C18H24O14. The van der Waals surface area contributed by atoms with Crippen molar-refractivity contribution < 1.29 is 69.0 Å². The van der Waals surface area contributed by atoms with E-state index in [1.54, 1.807) is 0 Å². The summed E-state index contributed by atoms with van der Waals surface area (Å²) in [6.45, 7) is 6.11. The van der Waals surface area contributed by atoms with Gasteiger partial charge in [0.15, 0.2) is 0 Å². The monoisotopic (exact) mass is 464 g/mol. The van der Waals surface area contributed by atoms with Crippen LogP contribution in [0.2, 0.25) is 0 Å². The highest BCUT2D eigenvalue weighted by Crippen LogP contribution is 1.71. The average Bonchev–Trinajstić information content (AvgIpc) is 2.56. The Morgan fingerprint density at radius 1 is 0.344 bits per heavy atom. The molecule has 0 spiro atoms. The standard InChI is InChI=1S/3C4H4O4.2C3H6O/c3*5-3(6)1-2-4(7)8;2*1-3(2)4/h3*1-2H,(H,5,6)(H,7,8);2*1-2H3/b3*2-1+;;. The van der Waals surface area contributed by atoms with Crippen LogP contribution < -0.4 is 0 Å². The van der Waals surface area contributed by atoms with E-state index in [1.165, 1.54) is 27.7 Å². The van der Waals surface area contributed by atoms with Crippen molar-refractivity contribution in [3.05, 3.63) is 36.5 Å². The zero-order valence-electron chi connectivity index (χ0n) is 17.4. The zero-order valence-corrected chi connectivity index (χ0v) is 17.4. The molecule has 0 unspecified atom stereocenters. The number of carbonyl (C=O) groups excluding carboxylic acids is 2. The number of hydrogen-bond acceptors (Lipinski definition) is 8. The van der Waals surface area contributed by atoms with Gasteiger partial charge in [0.1, 0.15) is 11.6 Å². The van der Waals surface area contributed by atoms with E-state index < -0.39 is 35.8 Å². The number of aliphatic carboxylic acids is 6. The lowest BCUT2D eigenvalue weighted by Crippen LogP contribution is -1.91. The molecule has 0 aromatic carbocycles. The van der Waals surface area contributed by atoms with Gasteiger partial charge >= 0.3 is 35.8 Å². The molecule has 14 nitrogen and oxygen atoms in total. The second-order valence-corrected chi connectivity index (χ2v) is 4.85. The molecule has 180 valence electrons. The van der Waals surface area contributed by atoms with Gasteiger partial charge in [0.2, 0.25) is 0 Å². The van der Waals surface area contributed by atoms with Crippen molar-refractivity contribution in [3.8, 4) is 0 Å². The van der Waals surface area contributed by atoms with Crippen LogP contribution in [0.4, 0.5) is 0 Å². The van der Waals surface area contributed by atoms with Crippen LogP contribution in [0, 0.1) is 0 Å². The van der Waals surface area contributed by atoms with Gasteiger partial charge in [-0.3, -0.25) is 0 Å². The van der Waals surface area contributed by atoms with Crippen molar-refractivity contribution in [3.63, 3.8) is 0 Å². The van der Waals surface area contributed by atoms with Crippen molar-refractivity contribution in [1.29, 1.82) is 0 Å². The first-order valence-corrected chi connectivity index (χ1v) is 7.71. The summed E-state index contributed by atoms with van der Waals surface area (Å²) < 4.78 is 0. The fraction of sp³-hybridized carbons (Fsp3) is 0.222. The highest BCUT2D eigenvalue weighted by atomic mass is 16.4. The van der Waals surface area contributed by atoms with E-state index in [0.717, 1.165) is 0 Å². The molecule has 0 aliphatic carbocycles. The summed E-state index contributed by atoms with van der Waals surface area (Å²) in [5.74, 6) is -7.21. The molecule has 0 amide bonds. The minimum Gasteiger partial charge on any atom is -0.478 e. The van der Waals surface area contributed by atoms with E-state index >= 15 is 0 Å². The lowest BCUT2D eigenvalue weighted by molar-refractivity contribution is -0.134. The third kappa shape index (κ3) is 140. The first-order chi connectivity index (χ1) is 14.3. The maximum Gasteiger partial charge on any atom is 0.328 e. The van der Waals surface area contributed by atoms with Gasteiger partial charge in [-0.1, -0.05) is 0 Å². The van der Waals surface area contributed by atoms with Crippen molar-refractivity contribution in [2.45, 2.75) is 27.7 Å². The first-order valence-electron chi connectivity index (χ1n) is 7.71. The second kappa shape index (κ2) is 26.4. The first kappa shape index (κ1) is 38.0. The van der Waals surface area contributed by atoms with Crippen molar-refractivity contribution in [2.75, 3.05) is 0 Å². The molecule has 0 aliphatic heterocycles. The lowest BCUT2D eigenvalue weighted by atomic mass is 10.5. The van der Waals surface area contributed by atoms with Gasteiger partial charge in [0.25, 0.3) is 0 Å². The molecule has 0 aromatic heterocycles. The molecule has 14 heteroatoms. The van der Waals surface area contributed by atoms with Gasteiger partial charge in [-0.2, -0.15) is 0 Å². The second-order valence-electron chi connectivity index (χ2n) is 4.85. The summed E-state index contributed by atoms with van der Waals surface area (Å²) in [6.07, 6.45) is 3.35. The molecule has 0 bridgehead atoms. The number of carbonyl (C=O) groups is 8.